The normalized spacial score (nSPS) is 11.2. The van der Waals surface area contributed by atoms with Gasteiger partial charge in [0.15, 0.2) is 0 Å². The molecule has 0 bridgehead atoms. The van der Waals surface area contributed by atoms with Crippen LogP contribution < -0.4 is 5.73 Å². The summed E-state index contributed by atoms with van der Waals surface area (Å²) in [6.45, 7) is 0. The van der Waals surface area contributed by atoms with Crippen LogP contribution in [0, 0.1) is 0 Å². The average Bonchev–Trinajstić information content (AvgIpc) is 2.74. The van der Waals surface area contributed by atoms with E-state index in [0.717, 1.165) is 21.9 Å². The maximum absolute atomic E-state index is 5.59. The molecule has 1 aromatic carbocycles. The number of rotatable bonds is 1. The summed E-state index contributed by atoms with van der Waals surface area (Å²) in [4.78, 5) is 3.57. The first-order valence-corrected chi connectivity index (χ1v) is 4.93. The molecule has 0 amide bonds. The molecule has 2 heterocycles. The van der Waals surface area contributed by atoms with Crippen LogP contribution in [0.15, 0.2) is 24.3 Å². The van der Waals surface area contributed by atoms with Crippen LogP contribution in [0.5, 0.6) is 0 Å². The van der Waals surface area contributed by atoms with Crippen LogP contribution in [0.4, 0.5) is 0 Å². The molecule has 15 heavy (non-hydrogen) atoms. The molecule has 0 fully saturated rings. The molecule has 3 aromatic rings. The highest BCUT2D eigenvalue weighted by Gasteiger charge is 2.12. The lowest BCUT2D eigenvalue weighted by atomic mass is 10.2. The van der Waals surface area contributed by atoms with E-state index in [4.69, 9.17) is 18.0 Å². The Bertz CT molecular complexity index is 664. The van der Waals surface area contributed by atoms with Crippen LogP contribution in [-0.4, -0.2) is 20.2 Å². The predicted octanol–water partition coefficient (Wildman–Crippen LogP) is 1.68. The number of aromatic amines is 2. The van der Waals surface area contributed by atoms with E-state index in [-0.39, 0.29) is 0 Å². The molecule has 5 heteroatoms. The molecule has 0 saturated heterocycles. The standard InChI is InChI=1S/C10H8N4S/c11-10(15)9-8-7(13-14-9)5-3-1-2-4-6(5)12-8/h1-4,12H,(H2,11,15)(H,13,14). The van der Waals surface area contributed by atoms with Gasteiger partial charge in [-0.2, -0.15) is 5.10 Å². The van der Waals surface area contributed by atoms with Gasteiger partial charge >= 0.3 is 0 Å². The molecular weight excluding hydrogens is 208 g/mol. The molecule has 2 aromatic heterocycles. The van der Waals surface area contributed by atoms with Gasteiger partial charge in [-0.3, -0.25) is 5.10 Å². The monoisotopic (exact) mass is 216 g/mol. The number of H-pyrrole nitrogens is 2. The second-order valence-corrected chi connectivity index (χ2v) is 3.80. The molecule has 3 rings (SSSR count). The summed E-state index contributed by atoms with van der Waals surface area (Å²) in [5, 5.41) is 8.12. The Morgan fingerprint density at radius 2 is 2.13 bits per heavy atom. The molecule has 74 valence electrons. The molecular formula is C10H8N4S. The number of hydrogen-bond donors (Lipinski definition) is 3. The number of benzene rings is 1. The van der Waals surface area contributed by atoms with Crippen molar-refractivity contribution in [1.82, 2.24) is 15.2 Å². The first kappa shape index (κ1) is 8.43. The number of thiocarbonyl (C=S) groups is 1. The van der Waals surface area contributed by atoms with Crippen LogP contribution >= 0.6 is 12.2 Å². The fourth-order valence-corrected chi connectivity index (χ4v) is 1.92. The van der Waals surface area contributed by atoms with Gasteiger partial charge in [-0.15, -0.1) is 0 Å². The summed E-state index contributed by atoms with van der Waals surface area (Å²) in [5.74, 6) is 0. The van der Waals surface area contributed by atoms with E-state index in [1.54, 1.807) is 0 Å². The van der Waals surface area contributed by atoms with Gasteiger partial charge < -0.3 is 10.7 Å². The number of aromatic nitrogens is 3. The molecule has 0 unspecified atom stereocenters. The first-order valence-electron chi connectivity index (χ1n) is 4.52. The Labute approximate surface area is 90.5 Å². The van der Waals surface area contributed by atoms with Crippen molar-refractivity contribution in [2.45, 2.75) is 0 Å². The van der Waals surface area contributed by atoms with Gasteiger partial charge in [-0.05, 0) is 6.07 Å². The summed E-state index contributed by atoms with van der Waals surface area (Å²) in [6.07, 6.45) is 0. The number of nitrogens with zero attached hydrogens (tertiary/aromatic N) is 1. The molecule has 0 aliphatic rings. The first-order chi connectivity index (χ1) is 7.27. The van der Waals surface area contributed by atoms with Crippen molar-refractivity contribution in [2.75, 3.05) is 0 Å². The van der Waals surface area contributed by atoms with E-state index in [9.17, 15) is 0 Å². The van der Waals surface area contributed by atoms with Crippen molar-refractivity contribution in [1.29, 1.82) is 0 Å². The molecule has 0 radical (unpaired) electrons. The second-order valence-electron chi connectivity index (χ2n) is 3.36. The third-order valence-corrected chi connectivity index (χ3v) is 2.66. The second kappa shape index (κ2) is 2.80. The van der Waals surface area contributed by atoms with Crippen LogP contribution in [-0.2, 0) is 0 Å². The quantitative estimate of drug-likeness (QED) is 0.542. The van der Waals surface area contributed by atoms with Gasteiger partial charge in [0.25, 0.3) is 0 Å². The molecule has 0 atom stereocenters. The Balaban J connectivity index is 2.50. The van der Waals surface area contributed by atoms with Crippen LogP contribution in [0.25, 0.3) is 21.9 Å². The zero-order chi connectivity index (χ0) is 10.4. The predicted molar refractivity (Wildman–Crippen MR) is 63.8 cm³/mol. The van der Waals surface area contributed by atoms with Gasteiger partial charge in [0.05, 0.1) is 5.52 Å². The van der Waals surface area contributed by atoms with Crippen molar-refractivity contribution in [3.05, 3.63) is 30.0 Å². The smallest absolute Gasteiger partial charge is 0.124 e. The van der Waals surface area contributed by atoms with Gasteiger partial charge in [0.1, 0.15) is 16.2 Å². The van der Waals surface area contributed by atoms with Crippen molar-refractivity contribution < 1.29 is 0 Å². The minimum atomic E-state index is 0.323. The van der Waals surface area contributed by atoms with E-state index in [1.165, 1.54) is 0 Å². The number of nitrogens with two attached hydrogens (primary N) is 1. The van der Waals surface area contributed by atoms with Gasteiger partial charge in [0.2, 0.25) is 0 Å². The number of nitrogens with one attached hydrogen (secondary N) is 2. The Morgan fingerprint density at radius 3 is 2.93 bits per heavy atom. The molecule has 0 saturated carbocycles. The lowest BCUT2D eigenvalue weighted by Gasteiger charge is -1.90. The van der Waals surface area contributed by atoms with Gasteiger partial charge in [-0.1, -0.05) is 30.4 Å². The van der Waals surface area contributed by atoms with E-state index in [0.29, 0.717) is 10.7 Å². The third kappa shape index (κ3) is 1.07. The summed E-state index contributed by atoms with van der Waals surface area (Å²) in [5.41, 5.74) is 9.08. The average molecular weight is 216 g/mol. The molecule has 0 aliphatic heterocycles. The fraction of sp³-hybridized carbons (Fsp3) is 0. The summed E-state index contributed by atoms with van der Waals surface area (Å²) < 4.78 is 0. The van der Waals surface area contributed by atoms with Crippen molar-refractivity contribution >= 4 is 39.1 Å². The van der Waals surface area contributed by atoms with Crippen molar-refractivity contribution in [3.63, 3.8) is 0 Å². The highest BCUT2D eigenvalue weighted by Crippen LogP contribution is 2.24. The maximum Gasteiger partial charge on any atom is 0.124 e. The van der Waals surface area contributed by atoms with E-state index in [1.807, 2.05) is 24.3 Å². The molecule has 4 N–H and O–H groups in total. The molecule has 4 nitrogen and oxygen atoms in total. The third-order valence-electron chi connectivity index (χ3n) is 2.45. The zero-order valence-electron chi connectivity index (χ0n) is 7.74. The number of hydrogen-bond acceptors (Lipinski definition) is 2. The van der Waals surface area contributed by atoms with Gasteiger partial charge in [-0.25, -0.2) is 0 Å². The largest absolute Gasteiger partial charge is 0.388 e. The van der Waals surface area contributed by atoms with Crippen LogP contribution in [0.2, 0.25) is 0 Å². The maximum atomic E-state index is 5.59. The zero-order valence-corrected chi connectivity index (χ0v) is 8.56. The fourth-order valence-electron chi connectivity index (χ4n) is 1.77. The summed E-state index contributed by atoms with van der Waals surface area (Å²) >= 11 is 4.93. The lowest BCUT2D eigenvalue weighted by Crippen LogP contribution is -2.10. The highest BCUT2D eigenvalue weighted by molar-refractivity contribution is 7.80. The minimum absolute atomic E-state index is 0.323. The molecule has 0 aliphatic carbocycles. The van der Waals surface area contributed by atoms with E-state index in [2.05, 4.69) is 15.2 Å². The van der Waals surface area contributed by atoms with Crippen LogP contribution in [0.3, 0.4) is 0 Å². The lowest BCUT2D eigenvalue weighted by molar-refractivity contribution is 1.11. The number of para-hydroxylation sites is 1. The van der Waals surface area contributed by atoms with Crippen molar-refractivity contribution in [2.24, 2.45) is 5.73 Å². The topological polar surface area (TPSA) is 70.5 Å². The van der Waals surface area contributed by atoms with Crippen LogP contribution in [0.1, 0.15) is 5.69 Å². The summed E-state index contributed by atoms with van der Waals surface area (Å²) in [6, 6.07) is 7.96. The summed E-state index contributed by atoms with van der Waals surface area (Å²) in [7, 11) is 0. The SMILES string of the molecule is NC(=S)c1[nH]nc2c1[nH]c1ccccc12. The van der Waals surface area contributed by atoms with Crippen molar-refractivity contribution in [3.8, 4) is 0 Å². The van der Waals surface area contributed by atoms with E-state index < -0.39 is 0 Å². The highest BCUT2D eigenvalue weighted by atomic mass is 32.1. The molecule has 0 spiro atoms. The van der Waals surface area contributed by atoms with E-state index >= 15 is 0 Å². The number of fused-ring (bicyclic) bond motifs is 3. The Morgan fingerprint density at radius 1 is 1.33 bits per heavy atom. The van der Waals surface area contributed by atoms with Gasteiger partial charge in [0, 0.05) is 10.9 Å². The Hall–Kier alpha value is -1.88. The minimum Gasteiger partial charge on any atom is -0.388 e. The Kier molecular flexibility index (Phi) is 1.58.